The van der Waals surface area contributed by atoms with Crippen molar-refractivity contribution in [2.45, 2.75) is 0 Å². The minimum absolute atomic E-state index is 0.0307. The minimum Gasteiger partial charge on any atom is -0.382 e. The Kier molecular flexibility index (Phi) is 2.61. The van der Waals surface area contributed by atoms with Gasteiger partial charge in [0.15, 0.2) is 0 Å². The zero-order valence-corrected chi connectivity index (χ0v) is 9.56. The second-order valence-corrected chi connectivity index (χ2v) is 3.98. The van der Waals surface area contributed by atoms with Crippen LogP contribution in [0.25, 0.3) is 11.3 Å². The van der Waals surface area contributed by atoms with Crippen molar-refractivity contribution in [1.82, 2.24) is 10.2 Å². The highest BCUT2D eigenvalue weighted by Gasteiger charge is 2.11. The summed E-state index contributed by atoms with van der Waals surface area (Å²) in [5.74, 6) is 0.375. The SMILES string of the molecule is Nc1cc(-c2ccc([N+](=O)[O-])cc2Br)[nH]n1. The van der Waals surface area contributed by atoms with Gasteiger partial charge >= 0.3 is 0 Å². The summed E-state index contributed by atoms with van der Waals surface area (Å²) in [5.41, 5.74) is 6.99. The Bertz CT molecular complexity index is 552. The quantitative estimate of drug-likeness (QED) is 0.652. The number of nitro groups is 1. The van der Waals surface area contributed by atoms with Crippen molar-refractivity contribution in [3.63, 3.8) is 0 Å². The molecule has 2 aromatic rings. The molecule has 0 aliphatic rings. The van der Waals surface area contributed by atoms with Crippen LogP contribution in [0, 0.1) is 10.1 Å². The number of nitrogens with one attached hydrogen (secondary N) is 1. The molecule has 0 bridgehead atoms. The number of aromatic amines is 1. The smallest absolute Gasteiger partial charge is 0.270 e. The van der Waals surface area contributed by atoms with Crippen molar-refractivity contribution in [2.75, 3.05) is 5.73 Å². The molecule has 0 unspecified atom stereocenters. The van der Waals surface area contributed by atoms with E-state index in [0.717, 1.165) is 5.56 Å². The summed E-state index contributed by atoms with van der Waals surface area (Å²) in [7, 11) is 0. The molecule has 3 N–H and O–H groups in total. The van der Waals surface area contributed by atoms with E-state index in [1.807, 2.05) is 0 Å². The summed E-state index contributed by atoms with van der Waals surface area (Å²) in [6.45, 7) is 0. The first-order valence-corrected chi connectivity index (χ1v) is 5.12. The highest BCUT2D eigenvalue weighted by atomic mass is 79.9. The molecule has 1 heterocycles. The molecular weight excluding hydrogens is 276 g/mol. The molecule has 0 aliphatic carbocycles. The van der Waals surface area contributed by atoms with Crippen LogP contribution in [0.1, 0.15) is 0 Å². The summed E-state index contributed by atoms with van der Waals surface area (Å²) in [6, 6.07) is 6.16. The molecule has 0 radical (unpaired) electrons. The second kappa shape index (κ2) is 3.93. The van der Waals surface area contributed by atoms with Gasteiger partial charge in [-0.25, -0.2) is 0 Å². The van der Waals surface area contributed by atoms with Crippen LogP contribution >= 0.6 is 15.9 Å². The topological polar surface area (TPSA) is 97.8 Å². The van der Waals surface area contributed by atoms with Gasteiger partial charge in [-0.15, -0.1) is 0 Å². The molecule has 82 valence electrons. The molecule has 0 fully saturated rings. The zero-order valence-electron chi connectivity index (χ0n) is 7.98. The van der Waals surface area contributed by atoms with Gasteiger partial charge in [0, 0.05) is 28.2 Å². The van der Waals surface area contributed by atoms with E-state index in [9.17, 15) is 10.1 Å². The Labute approximate surface area is 98.7 Å². The van der Waals surface area contributed by atoms with Gasteiger partial charge in [-0.3, -0.25) is 15.2 Å². The van der Waals surface area contributed by atoms with Crippen molar-refractivity contribution >= 4 is 27.4 Å². The number of aromatic nitrogens is 2. The molecule has 0 atom stereocenters. The molecule has 1 aromatic heterocycles. The van der Waals surface area contributed by atoms with Crippen molar-refractivity contribution in [3.8, 4) is 11.3 Å². The first-order valence-electron chi connectivity index (χ1n) is 4.33. The number of non-ortho nitro benzene ring substituents is 1. The van der Waals surface area contributed by atoms with Gasteiger partial charge in [0.05, 0.1) is 10.6 Å². The molecule has 6 nitrogen and oxygen atoms in total. The lowest BCUT2D eigenvalue weighted by molar-refractivity contribution is -0.384. The van der Waals surface area contributed by atoms with Crippen molar-refractivity contribution in [1.29, 1.82) is 0 Å². The minimum atomic E-state index is -0.449. The Balaban J connectivity index is 2.47. The molecule has 1 aromatic carbocycles. The normalized spacial score (nSPS) is 10.3. The molecule has 7 heteroatoms. The standard InChI is InChI=1S/C9H7BrN4O2/c10-7-3-5(14(15)16)1-2-6(7)8-4-9(11)13-12-8/h1-4H,(H3,11,12,13). The largest absolute Gasteiger partial charge is 0.382 e. The average molecular weight is 283 g/mol. The van der Waals surface area contributed by atoms with E-state index < -0.39 is 4.92 Å². The van der Waals surface area contributed by atoms with Gasteiger partial charge in [-0.2, -0.15) is 5.10 Å². The monoisotopic (exact) mass is 282 g/mol. The lowest BCUT2D eigenvalue weighted by Crippen LogP contribution is -1.88. The van der Waals surface area contributed by atoms with Crippen LogP contribution in [0.5, 0.6) is 0 Å². The van der Waals surface area contributed by atoms with E-state index in [2.05, 4.69) is 26.1 Å². The Hall–Kier alpha value is -1.89. The molecular formula is C9H7BrN4O2. The molecule has 0 aliphatic heterocycles. The zero-order chi connectivity index (χ0) is 11.7. The first-order chi connectivity index (χ1) is 7.58. The maximum Gasteiger partial charge on any atom is 0.270 e. The second-order valence-electron chi connectivity index (χ2n) is 3.13. The van der Waals surface area contributed by atoms with Crippen molar-refractivity contribution < 1.29 is 4.92 Å². The Morgan fingerprint density at radius 3 is 2.69 bits per heavy atom. The molecule has 2 rings (SSSR count). The van der Waals surface area contributed by atoms with E-state index in [4.69, 9.17) is 5.73 Å². The van der Waals surface area contributed by atoms with Gasteiger partial charge < -0.3 is 5.73 Å². The number of nitrogens with zero attached hydrogens (tertiary/aromatic N) is 2. The maximum absolute atomic E-state index is 10.5. The van der Waals surface area contributed by atoms with Crippen LogP contribution in [0.2, 0.25) is 0 Å². The highest BCUT2D eigenvalue weighted by molar-refractivity contribution is 9.10. The van der Waals surface area contributed by atoms with Crippen molar-refractivity contribution in [2.24, 2.45) is 0 Å². The number of nitrogen functional groups attached to an aromatic ring is 1. The average Bonchev–Trinajstić information content (AvgIpc) is 2.64. The third kappa shape index (κ3) is 1.89. The molecule has 16 heavy (non-hydrogen) atoms. The third-order valence-electron chi connectivity index (χ3n) is 2.05. The van der Waals surface area contributed by atoms with E-state index in [-0.39, 0.29) is 5.69 Å². The van der Waals surface area contributed by atoms with E-state index in [1.54, 1.807) is 12.1 Å². The predicted molar refractivity (Wildman–Crippen MR) is 62.8 cm³/mol. The number of hydrogen-bond donors (Lipinski definition) is 2. The fourth-order valence-electron chi connectivity index (χ4n) is 1.31. The summed E-state index contributed by atoms with van der Waals surface area (Å²) in [6.07, 6.45) is 0. The molecule has 0 spiro atoms. The van der Waals surface area contributed by atoms with Gasteiger partial charge in [0.2, 0.25) is 0 Å². The van der Waals surface area contributed by atoms with Gasteiger partial charge in [0.25, 0.3) is 5.69 Å². The van der Waals surface area contributed by atoms with Gasteiger partial charge in [-0.1, -0.05) is 0 Å². The number of benzene rings is 1. The summed E-state index contributed by atoms with van der Waals surface area (Å²) in [4.78, 5) is 10.1. The number of anilines is 1. The fraction of sp³-hybridized carbons (Fsp3) is 0. The first kappa shape index (κ1) is 10.6. The number of nitrogens with two attached hydrogens (primary N) is 1. The lowest BCUT2D eigenvalue weighted by atomic mass is 10.1. The van der Waals surface area contributed by atoms with Crippen LogP contribution in [0.3, 0.4) is 0 Å². The number of halogens is 1. The summed E-state index contributed by atoms with van der Waals surface area (Å²) >= 11 is 3.27. The number of H-pyrrole nitrogens is 1. The molecule has 0 amide bonds. The number of rotatable bonds is 2. The predicted octanol–water partition coefficient (Wildman–Crippen LogP) is 2.33. The lowest BCUT2D eigenvalue weighted by Gasteiger charge is -2.00. The van der Waals surface area contributed by atoms with Crippen LogP contribution in [0.15, 0.2) is 28.7 Å². The van der Waals surface area contributed by atoms with Crippen LogP contribution in [0.4, 0.5) is 11.5 Å². The van der Waals surface area contributed by atoms with Gasteiger partial charge in [0.1, 0.15) is 5.82 Å². The summed E-state index contributed by atoms with van der Waals surface area (Å²) in [5, 5.41) is 17.1. The Morgan fingerprint density at radius 2 is 2.19 bits per heavy atom. The fourth-order valence-corrected chi connectivity index (χ4v) is 1.89. The van der Waals surface area contributed by atoms with E-state index >= 15 is 0 Å². The summed E-state index contributed by atoms with van der Waals surface area (Å²) < 4.78 is 0.616. The van der Waals surface area contributed by atoms with Crippen LogP contribution < -0.4 is 5.73 Å². The van der Waals surface area contributed by atoms with Gasteiger partial charge in [-0.05, 0) is 22.0 Å². The molecule has 0 saturated carbocycles. The van der Waals surface area contributed by atoms with E-state index in [0.29, 0.717) is 16.0 Å². The van der Waals surface area contributed by atoms with E-state index in [1.165, 1.54) is 12.1 Å². The molecule has 0 saturated heterocycles. The van der Waals surface area contributed by atoms with Crippen LogP contribution in [-0.4, -0.2) is 15.1 Å². The third-order valence-corrected chi connectivity index (χ3v) is 2.71. The van der Waals surface area contributed by atoms with Crippen molar-refractivity contribution in [3.05, 3.63) is 38.9 Å². The number of hydrogen-bond acceptors (Lipinski definition) is 4. The Morgan fingerprint density at radius 1 is 1.44 bits per heavy atom. The number of nitro benzene ring substituents is 1. The maximum atomic E-state index is 10.5. The van der Waals surface area contributed by atoms with Crippen LogP contribution in [-0.2, 0) is 0 Å². The highest BCUT2D eigenvalue weighted by Crippen LogP contribution is 2.30.